The lowest BCUT2D eigenvalue weighted by Crippen LogP contribution is -2.14. The number of benzene rings is 1. The van der Waals surface area contributed by atoms with E-state index in [1.807, 2.05) is 13.0 Å². The summed E-state index contributed by atoms with van der Waals surface area (Å²) in [6.07, 6.45) is 2.88. The highest BCUT2D eigenvalue weighted by Gasteiger charge is 2.18. The van der Waals surface area contributed by atoms with Crippen LogP contribution in [0.1, 0.15) is 11.1 Å². The minimum atomic E-state index is -3.71. The molecule has 21 heavy (non-hydrogen) atoms. The molecule has 0 aliphatic heterocycles. The van der Waals surface area contributed by atoms with E-state index in [-0.39, 0.29) is 11.6 Å². The third-order valence-corrected chi connectivity index (χ3v) is 4.02. The van der Waals surface area contributed by atoms with Gasteiger partial charge in [-0.05, 0) is 24.6 Å². The Hall–Kier alpha value is -2.30. The van der Waals surface area contributed by atoms with E-state index in [2.05, 4.69) is 21.5 Å². The molecule has 0 bridgehead atoms. The molecule has 0 aliphatic rings. The van der Waals surface area contributed by atoms with Crippen LogP contribution >= 0.6 is 0 Å². The predicted octanol–water partition coefficient (Wildman–Crippen LogP) is 0.840. The maximum Gasteiger partial charge on any atom is 0.280 e. The van der Waals surface area contributed by atoms with Crippen molar-refractivity contribution in [1.82, 2.24) is 9.55 Å². The van der Waals surface area contributed by atoms with Crippen LogP contribution in [0.2, 0.25) is 0 Å². The van der Waals surface area contributed by atoms with Gasteiger partial charge in [0.25, 0.3) is 10.0 Å². The number of imidazole rings is 1. The fourth-order valence-electron chi connectivity index (χ4n) is 1.69. The number of nitrogens with two attached hydrogens (primary N) is 1. The third-order valence-electron chi connectivity index (χ3n) is 2.77. The molecule has 7 heteroatoms. The van der Waals surface area contributed by atoms with Crippen LogP contribution in [0.25, 0.3) is 0 Å². The number of hydrogen-bond acceptors (Lipinski definition) is 4. The molecule has 1 aromatic carbocycles. The summed E-state index contributed by atoms with van der Waals surface area (Å²) >= 11 is 0. The van der Waals surface area contributed by atoms with Gasteiger partial charge < -0.3 is 10.3 Å². The first-order valence-corrected chi connectivity index (χ1v) is 7.71. The summed E-state index contributed by atoms with van der Waals surface area (Å²) in [5.41, 5.74) is 7.30. The average molecular weight is 304 g/mol. The van der Waals surface area contributed by atoms with Gasteiger partial charge in [-0.3, -0.25) is 4.72 Å². The van der Waals surface area contributed by atoms with Crippen LogP contribution in [0.3, 0.4) is 0 Å². The molecule has 0 spiro atoms. The highest BCUT2D eigenvalue weighted by Crippen LogP contribution is 2.20. The van der Waals surface area contributed by atoms with Crippen LogP contribution in [-0.2, 0) is 17.1 Å². The molecule has 2 aromatic rings. The monoisotopic (exact) mass is 304 g/mol. The van der Waals surface area contributed by atoms with Crippen molar-refractivity contribution in [2.45, 2.75) is 11.9 Å². The minimum absolute atomic E-state index is 0.0251. The summed E-state index contributed by atoms with van der Waals surface area (Å²) in [7, 11) is -2.00. The molecule has 6 nitrogen and oxygen atoms in total. The van der Waals surface area contributed by atoms with Gasteiger partial charge in [0.2, 0.25) is 0 Å². The van der Waals surface area contributed by atoms with Crippen LogP contribution < -0.4 is 10.5 Å². The quantitative estimate of drug-likeness (QED) is 0.822. The van der Waals surface area contributed by atoms with E-state index >= 15 is 0 Å². The van der Waals surface area contributed by atoms with E-state index in [1.54, 1.807) is 23.7 Å². The maximum absolute atomic E-state index is 12.2. The van der Waals surface area contributed by atoms with Crippen LogP contribution in [0, 0.1) is 18.8 Å². The Labute approximate surface area is 124 Å². The van der Waals surface area contributed by atoms with E-state index in [1.165, 1.54) is 12.5 Å². The second-order valence-electron chi connectivity index (χ2n) is 4.52. The first kappa shape index (κ1) is 15.1. The molecule has 1 heterocycles. The second-order valence-corrected chi connectivity index (χ2v) is 6.15. The molecule has 110 valence electrons. The summed E-state index contributed by atoms with van der Waals surface area (Å²) < 4.78 is 28.6. The lowest BCUT2D eigenvalue weighted by molar-refractivity contribution is 0.598. The van der Waals surface area contributed by atoms with Gasteiger partial charge in [-0.2, -0.15) is 8.42 Å². The van der Waals surface area contributed by atoms with Crippen molar-refractivity contribution in [2.24, 2.45) is 12.8 Å². The molecule has 0 saturated carbocycles. The Morgan fingerprint density at radius 2 is 2.19 bits per heavy atom. The van der Waals surface area contributed by atoms with Gasteiger partial charge in [-0.1, -0.05) is 17.9 Å². The molecule has 0 atom stereocenters. The number of hydrogen-bond donors (Lipinski definition) is 2. The molecular formula is C14H16N4O2S. The van der Waals surface area contributed by atoms with Crippen LogP contribution in [0.15, 0.2) is 35.7 Å². The summed E-state index contributed by atoms with van der Waals surface area (Å²) in [6, 6.07) is 5.30. The fourth-order valence-corrected chi connectivity index (χ4v) is 2.79. The molecule has 1 aromatic heterocycles. The zero-order chi connectivity index (χ0) is 15.5. The van der Waals surface area contributed by atoms with E-state index in [9.17, 15) is 8.42 Å². The Morgan fingerprint density at radius 3 is 2.81 bits per heavy atom. The zero-order valence-corrected chi connectivity index (χ0v) is 12.6. The Kier molecular flexibility index (Phi) is 4.31. The largest absolute Gasteiger partial charge is 0.339 e. The van der Waals surface area contributed by atoms with Crippen molar-refractivity contribution in [3.63, 3.8) is 0 Å². The smallest absolute Gasteiger partial charge is 0.280 e. The van der Waals surface area contributed by atoms with Gasteiger partial charge in [0.05, 0.1) is 18.6 Å². The van der Waals surface area contributed by atoms with Crippen molar-refractivity contribution in [1.29, 1.82) is 0 Å². The van der Waals surface area contributed by atoms with Crippen LogP contribution in [-0.4, -0.2) is 24.5 Å². The van der Waals surface area contributed by atoms with Crippen LogP contribution in [0.4, 0.5) is 5.69 Å². The summed E-state index contributed by atoms with van der Waals surface area (Å²) in [6.45, 7) is 2.07. The number of aryl methyl sites for hydroxylation is 2. The first-order valence-electron chi connectivity index (χ1n) is 6.23. The van der Waals surface area contributed by atoms with E-state index in [0.29, 0.717) is 11.3 Å². The van der Waals surface area contributed by atoms with E-state index in [0.717, 1.165) is 5.56 Å². The van der Waals surface area contributed by atoms with Gasteiger partial charge in [0.1, 0.15) is 0 Å². The van der Waals surface area contributed by atoms with Gasteiger partial charge >= 0.3 is 0 Å². The van der Waals surface area contributed by atoms with Gasteiger partial charge in [0, 0.05) is 18.8 Å². The molecule has 3 N–H and O–H groups in total. The highest BCUT2D eigenvalue weighted by atomic mass is 32.2. The highest BCUT2D eigenvalue weighted by molar-refractivity contribution is 7.92. The molecular weight excluding hydrogens is 288 g/mol. The van der Waals surface area contributed by atoms with E-state index < -0.39 is 10.0 Å². The summed E-state index contributed by atoms with van der Waals surface area (Å²) in [5, 5.41) is -0.0251. The Bertz CT molecular complexity index is 813. The first-order chi connectivity index (χ1) is 9.92. The number of nitrogens with one attached hydrogen (secondary N) is 1. The number of aromatic nitrogens is 2. The molecule has 0 radical (unpaired) electrons. The van der Waals surface area contributed by atoms with Crippen molar-refractivity contribution in [2.75, 3.05) is 11.3 Å². The lowest BCUT2D eigenvalue weighted by atomic mass is 10.1. The summed E-state index contributed by atoms with van der Waals surface area (Å²) in [5.74, 6) is 5.61. The number of sulfonamides is 1. The zero-order valence-electron chi connectivity index (χ0n) is 11.8. The fraction of sp³-hybridized carbons (Fsp3) is 0.214. The van der Waals surface area contributed by atoms with Gasteiger partial charge in [-0.25, -0.2) is 4.98 Å². The molecule has 0 unspecified atom stereocenters. The van der Waals surface area contributed by atoms with E-state index in [4.69, 9.17) is 5.73 Å². The van der Waals surface area contributed by atoms with Crippen molar-refractivity contribution in [3.05, 3.63) is 41.9 Å². The molecule has 0 saturated heterocycles. The van der Waals surface area contributed by atoms with Crippen molar-refractivity contribution >= 4 is 15.7 Å². The van der Waals surface area contributed by atoms with Crippen LogP contribution in [0.5, 0.6) is 0 Å². The number of anilines is 1. The lowest BCUT2D eigenvalue weighted by Gasteiger charge is -2.09. The average Bonchev–Trinajstić information content (AvgIpc) is 2.87. The number of rotatable bonds is 3. The normalized spacial score (nSPS) is 10.8. The standard InChI is InChI=1S/C14H16N4O2S/c1-11-5-6-12(4-3-7-15)8-13(11)17-21(19,20)14-9-18(2)10-16-14/h5-6,8-10,17H,7,15H2,1-2H3. The Balaban J connectivity index is 2.34. The van der Waals surface area contributed by atoms with Gasteiger partial charge in [0.15, 0.2) is 5.03 Å². The topological polar surface area (TPSA) is 90.0 Å². The van der Waals surface area contributed by atoms with Gasteiger partial charge in [-0.15, -0.1) is 0 Å². The van der Waals surface area contributed by atoms with Crippen molar-refractivity contribution in [3.8, 4) is 11.8 Å². The molecule has 0 aliphatic carbocycles. The molecule has 2 rings (SSSR count). The minimum Gasteiger partial charge on any atom is -0.339 e. The molecule has 0 fully saturated rings. The molecule has 0 amide bonds. The predicted molar refractivity (Wildman–Crippen MR) is 81.1 cm³/mol. The second kappa shape index (κ2) is 5.99. The van der Waals surface area contributed by atoms with Crippen molar-refractivity contribution < 1.29 is 8.42 Å². The number of nitrogens with zero attached hydrogens (tertiary/aromatic N) is 2. The Morgan fingerprint density at radius 1 is 1.43 bits per heavy atom. The summed E-state index contributed by atoms with van der Waals surface area (Å²) in [4.78, 5) is 3.85. The third kappa shape index (κ3) is 3.62. The SMILES string of the molecule is Cc1ccc(C#CCN)cc1NS(=O)(=O)c1cn(C)cn1. The maximum atomic E-state index is 12.2.